The second-order valence-corrected chi connectivity index (χ2v) is 6.40. The number of nitrogens with zero attached hydrogens (tertiary/aromatic N) is 4. The molecule has 0 amide bonds. The Morgan fingerprint density at radius 3 is 2.80 bits per heavy atom. The van der Waals surface area contributed by atoms with E-state index in [0.717, 1.165) is 0 Å². The third-order valence-electron chi connectivity index (χ3n) is 2.96. The van der Waals surface area contributed by atoms with E-state index < -0.39 is 10.0 Å². The summed E-state index contributed by atoms with van der Waals surface area (Å²) in [5.41, 5.74) is 0.316. The second kappa shape index (κ2) is 5.45. The molecule has 0 saturated carbocycles. The second-order valence-electron chi connectivity index (χ2n) is 4.36. The molecule has 1 aromatic heterocycles. The van der Waals surface area contributed by atoms with Crippen LogP contribution in [-0.2, 0) is 23.6 Å². The molecule has 0 atom stereocenters. The maximum absolute atomic E-state index is 12.4. The molecule has 7 heteroatoms. The van der Waals surface area contributed by atoms with E-state index in [1.54, 1.807) is 36.1 Å². The van der Waals surface area contributed by atoms with Crippen LogP contribution in [-0.4, -0.2) is 29.3 Å². The fourth-order valence-electron chi connectivity index (χ4n) is 1.74. The van der Waals surface area contributed by atoms with Gasteiger partial charge in [-0.1, -0.05) is 6.07 Å². The SMILES string of the molecule is CN(Cc1nccn1C)S(=O)(=O)c1cccc(C#N)c1. The Kier molecular flexibility index (Phi) is 3.88. The van der Waals surface area contributed by atoms with Crippen LogP contribution in [0.2, 0.25) is 0 Å². The lowest BCUT2D eigenvalue weighted by Gasteiger charge is -2.17. The Balaban J connectivity index is 2.30. The van der Waals surface area contributed by atoms with Crippen molar-refractivity contribution < 1.29 is 8.42 Å². The predicted molar refractivity (Wildman–Crippen MR) is 73.0 cm³/mol. The van der Waals surface area contributed by atoms with E-state index in [0.29, 0.717) is 11.4 Å². The summed E-state index contributed by atoms with van der Waals surface area (Å²) in [6, 6.07) is 7.90. The van der Waals surface area contributed by atoms with E-state index in [9.17, 15) is 8.42 Å². The van der Waals surface area contributed by atoms with Crippen molar-refractivity contribution in [1.82, 2.24) is 13.9 Å². The number of imidazole rings is 1. The molecule has 1 aromatic carbocycles. The highest BCUT2D eigenvalue weighted by molar-refractivity contribution is 7.89. The van der Waals surface area contributed by atoms with Gasteiger partial charge in [0, 0.05) is 26.5 Å². The van der Waals surface area contributed by atoms with E-state index in [1.807, 2.05) is 6.07 Å². The highest BCUT2D eigenvalue weighted by Crippen LogP contribution is 2.17. The Hall–Kier alpha value is -2.17. The van der Waals surface area contributed by atoms with Gasteiger partial charge in [-0.2, -0.15) is 9.57 Å². The van der Waals surface area contributed by atoms with E-state index in [-0.39, 0.29) is 11.4 Å². The Bertz CT molecular complexity index is 759. The van der Waals surface area contributed by atoms with Gasteiger partial charge in [-0.15, -0.1) is 0 Å². The summed E-state index contributed by atoms with van der Waals surface area (Å²) >= 11 is 0. The zero-order valence-corrected chi connectivity index (χ0v) is 12.0. The highest BCUT2D eigenvalue weighted by atomic mass is 32.2. The first kappa shape index (κ1) is 14.2. The molecule has 0 saturated heterocycles. The molecule has 104 valence electrons. The van der Waals surface area contributed by atoms with Crippen molar-refractivity contribution in [2.45, 2.75) is 11.4 Å². The number of sulfonamides is 1. The van der Waals surface area contributed by atoms with Crippen LogP contribution in [0.3, 0.4) is 0 Å². The summed E-state index contributed by atoms with van der Waals surface area (Å²) in [7, 11) is -0.342. The molecule has 6 nitrogen and oxygen atoms in total. The molecule has 0 aliphatic carbocycles. The normalized spacial score (nSPS) is 11.5. The predicted octanol–water partition coefficient (Wildman–Crippen LogP) is 1.11. The lowest BCUT2D eigenvalue weighted by atomic mass is 10.2. The van der Waals surface area contributed by atoms with Gasteiger partial charge in [-0.25, -0.2) is 13.4 Å². The van der Waals surface area contributed by atoms with Crippen LogP contribution in [0.25, 0.3) is 0 Å². The molecule has 0 fully saturated rings. The summed E-state index contributed by atoms with van der Waals surface area (Å²) in [5.74, 6) is 0.646. The van der Waals surface area contributed by atoms with E-state index in [4.69, 9.17) is 5.26 Å². The standard InChI is InChI=1S/C13H14N4O2S/c1-16-7-6-15-13(16)10-17(2)20(18,19)12-5-3-4-11(8-12)9-14/h3-8H,10H2,1-2H3. The third-order valence-corrected chi connectivity index (χ3v) is 4.76. The molecule has 2 rings (SSSR count). The molecule has 1 heterocycles. The molecule has 0 spiro atoms. The average molecular weight is 290 g/mol. The maximum atomic E-state index is 12.4. The van der Waals surface area contributed by atoms with Gasteiger partial charge >= 0.3 is 0 Å². The number of hydrogen-bond donors (Lipinski definition) is 0. The Morgan fingerprint density at radius 1 is 1.45 bits per heavy atom. The largest absolute Gasteiger partial charge is 0.337 e. The zero-order chi connectivity index (χ0) is 14.8. The van der Waals surface area contributed by atoms with E-state index >= 15 is 0 Å². The smallest absolute Gasteiger partial charge is 0.243 e. The number of rotatable bonds is 4. The van der Waals surface area contributed by atoms with Crippen molar-refractivity contribution in [3.63, 3.8) is 0 Å². The number of benzene rings is 1. The van der Waals surface area contributed by atoms with Crippen LogP contribution < -0.4 is 0 Å². The minimum absolute atomic E-state index is 0.105. The van der Waals surface area contributed by atoms with Gasteiger partial charge in [0.1, 0.15) is 5.82 Å². The minimum Gasteiger partial charge on any atom is -0.337 e. The Labute approximate surface area is 118 Å². The van der Waals surface area contributed by atoms with Crippen LogP contribution in [0.1, 0.15) is 11.4 Å². The van der Waals surface area contributed by atoms with Gasteiger partial charge in [0.15, 0.2) is 0 Å². The minimum atomic E-state index is -3.64. The van der Waals surface area contributed by atoms with Crippen LogP contribution in [0.15, 0.2) is 41.6 Å². The van der Waals surface area contributed by atoms with Gasteiger partial charge in [0.05, 0.1) is 23.1 Å². The molecular weight excluding hydrogens is 276 g/mol. The van der Waals surface area contributed by atoms with Gasteiger partial charge in [0.25, 0.3) is 0 Å². The Morgan fingerprint density at radius 2 is 2.20 bits per heavy atom. The first-order valence-electron chi connectivity index (χ1n) is 5.88. The van der Waals surface area contributed by atoms with Crippen molar-refractivity contribution in [2.24, 2.45) is 7.05 Å². The third kappa shape index (κ3) is 2.71. The van der Waals surface area contributed by atoms with E-state index in [2.05, 4.69) is 4.98 Å². The number of aryl methyl sites for hydroxylation is 1. The molecular formula is C13H14N4O2S. The molecule has 20 heavy (non-hydrogen) atoms. The van der Waals surface area contributed by atoms with E-state index in [1.165, 1.54) is 23.5 Å². The van der Waals surface area contributed by atoms with Gasteiger partial charge < -0.3 is 4.57 Å². The quantitative estimate of drug-likeness (QED) is 0.845. The molecule has 0 unspecified atom stereocenters. The zero-order valence-electron chi connectivity index (χ0n) is 11.2. The summed E-state index contributed by atoms with van der Waals surface area (Å²) in [5, 5.41) is 8.84. The van der Waals surface area contributed by atoms with Gasteiger partial charge in [0.2, 0.25) is 10.0 Å². The molecule has 0 aliphatic rings. The summed E-state index contributed by atoms with van der Waals surface area (Å²) < 4.78 is 27.8. The van der Waals surface area contributed by atoms with Crippen LogP contribution >= 0.6 is 0 Å². The molecule has 0 aliphatic heterocycles. The summed E-state index contributed by atoms with van der Waals surface area (Å²) in [6.07, 6.45) is 3.37. The molecule has 0 radical (unpaired) electrons. The summed E-state index contributed by atoms with van der Waals surface area (Å²) in [4.78, 5) is 4.21. The van der Waals surface area contributed by atoms with Crippen molar-refractivity contribution in [1.29, 1.82) is 5.26 Å². The van der Waals surface area contributed by atoms with Gasteiger partial charge in [-0.3, -0.25) is 0 Å². The van der Waals surface area contributed by atoms with Crippen molar-refractivity contribution >= 4 is 10.0 Å². The molecule has 0 N–H and O–H groups in total. The first-order chi connectivity index (χ1) is 9.45. The molecule has 2 aromatic rings. The first-order valence-corrected chi connectivity index (χ1v) is 7.32. The van der Waals surface area contributed by atoms with Crippen molar-refractivity contribution in [2.75, 3.05) is 7.05 Å². The topological polar surface area (TPSA) is 79.0 Å². The van der Waals surface area contributed by atoms with Crippen LogP contribution in [0.5, 0.6) is 0 Å². The fraction of sp³-hybridized carbons (Fsp3) is 0.231. The lowest BCUT2D eigenvalue weighted by Crippen LogP contribution is -2.27. The van der Waals surface area contributed by atoms with Crippen LogP contribution in [0, 0.1) is 11.3 Å². The van der Waals surface area contributed by atoms with Crippen molar-refractivity contribution in [3.8, 4) is 6.07 Å². The van der Waals surface area contributed by atoms with Crippen LogP contribution in [0.4, 0.5) is 0 Å². The number of hydrogen-bond acceptors (Lipinski definition) is 4. The van der Waals surface area contributed by atoms with Crippen molar-refractivity contribution in [3.05, 3.63) is 48.0 Å². The summed E-state index contributed by atoms with van der Waals surface area (Å²) in [6.45, 7) is 0.169. The maximum Gasteiger partial charge on any atom is 0.243 e. The fourth-order valence-corrected chi connectivity index (χ4v) is 2.91. The highest BCUT2D eigenvalue weighted by Gasteiger charge is 2.22. The monoisotopic (exact) mass is 290 g/mol. The molecule has 0 bridgehead atoms. The number of nitriles is 1. The lowest BCUT2D eigenvalue weighted by molar-refractivity contribution is 0.451. The van der Waals surface area contributed by atoms with Gasteiger partial charge in [-0.05, 0) is 18.2 Å². The number of aromatic nitrogens is 2. The average Bonchev–Trinajstić information content (AvgIpc) is 2.84.